The first-order valence-corrected chi connectivity index (χ1v) is 7.42. The topological polar surface area (TPSA) is 101 Å². The average molecular weight is 379 g/mol. The molecule has 0 aliphatic carbocycles. The fourth-order valence-corrected chi connectivity index (χ4v) is 1.98. The SMILES string of the molecule is N#Cc1ccc(NC(=O)COC(=O)Cn2cc(C(F)(F)F)ccc2=O)cc1. The molecule has 0 radical (unpaired) electrons. The van der Waals surface area contributed by atoms with Crippen LogP contribution in [0.25, 0.3) is 0 Å². The molecule has 0 fully saturated rings. The lowest BCUT2D eigenvalue weighted by atomic mass is 10.2. The number of esters is 1. The number of aromatic nitrogens is 1. The Morgan fingerprint density at radius 3 is 2.41 bits per heavy atom. The van der Waals surface area contributed by atoms with Gasteiger partial charge in [0, 0.05) is 18.0 Å². The van der Waals surface area contributed by atoms with Gasteiger partial charge in [0.05, 0.1) is 17.2 Å². The van der Waals surface area contributed by atoms with Crippen LogP contribution < -0.4 is 10.9 Å². The predicted octanol–water partition coefficient (Wildman–Crippen LogP) is 1.92. The number of nitrogens with one attached hydrogen (secondary N) is 1. The minimum Gasteiger partial charge on any atom is -0.454 e. The highest BCUT2D eigenvalue weighted by Crippen LogP contribution is 2.27. The standard InChI is InChI=1S/C17H12F3N3O4/c18-17(19,20)12-3-6-15(25)23(8-12)9-16(26)27-10-14(24)22-13-4-1-11(7-21)2-5-13/h1-6,8H,9-10H2,(H,22,24). The number of alkyl halides is 3. The summed E-state index contributed by atoms with van der Waals surface area (Å²) in [6, 6.07) is 9.10. The van der Waals surface area contributed by atoms with Crippen molar-refractivity contribution in [2.24, 2.45) is 0 Å². The van der Waals surface area contributed by atoms with Crippen LogP contribution in [0.3, 0.4) is 0 Å². The van der Waals surface area contributed by atoms with E-state index in [0.29, 0.717) is 34.1 Å². The zero-order valence-electron chi connectivity index (χ0n) is 13.6. The fourth-order valence-electron chi connectivity index (χ4n) is 1.98. The van der Waals surface area contributed by atoms with Crippen molar-refractivity contribution in [2.75, 3.05) is 11.9 Å². The number of amides is 1. The van der Waals surface area contributed by atoms with Crippen molar-refractivity contribution in [1.82, 2.24) is 4.57 Å². The summed E-state index contributed by atoms with van der Waals surface area (Å²) in [6.45, 7) is -1.46. The molecular weight excluding hydrogens is 367 g/mol. The van der Waals surface area contributed by atoms with E-state index in [9.17, 15) is 27.6 Å². The summed E-state index contributed by atoms with van der Waals surface area (Å²) in [7, 11) is 0. The van der Waals surface area contributed by atoms with E-state index in [1.807, 2.05) is 6.07 Å². The summed E-state index contributed by atoms with van der Waals surface area (Å²) < 4.78 is 43.1. The Morgan fingerprint density at radius 2 is 1.81 bits per heavy atom. The summed E-state index contributed by atoms with van der Waals surface area (Å²) in [5.41, 5.74) is -1.15. The van der Waals surface area contributed by atoms with Crippen LogP contribution in [0.5, 0.6) is 0 Å². The van der Waals surface area contributed by atoms with E-state index in [0.717, 1.165) is 0 Å². The minimum absolute atomic E-state index is 0.365. The number of rotatable bonds is 5. The molecule has 7 nitrogen and oxygen atoms in total. The van der Waals surface area contributed by atoms with Crippen molar-refractivity contribution in [3.63, 3.8) is 0 Å². The Hall–Kier alpha value is -3.61. The van der Waals surface area contributed by atoms with E-state index in [1.54, 1.807) is 0 Å². The first-order valence-electron chi connectivity index (χ1n) is 7.42. The second-order valence-corrected chi connectivity index (χ2v) is 5.28. The average Bonchev–Trinajstić information content (AvgIpc) is 2.61. The molecule has 2 aromatic rings. The molecule has 1 aromatic heterocycles. The van der Waals surface area contributed by atoms with Gasteiger partial charge in [-0.25, -0.2) is 0 Å². The molecule has 27 heavy (non-hydrogen) atoms. The molecule has 1 heterocycles. The molecule has 0 bridgehead atoms. The number of carbonyl (C=O) groups excluding carboxylic acids is 2. The Bertz CT molecular complexity index is 944. The maximum Gasteiger partial charge on any atom is 0.417 e. The van der Waals surface area contributed by atoms with E-state index in [1.165, 1.54) is 24.3 Å². The van der Waals surface area contributed by atoms with Crippen molar-refractivity contribution >= 4 is 17.6 Å². The van der Waals surface area contributed by atoms with Gasteiger partial charge in [0.15, 0.2) is 6.61 Å². The lowest BCUT2D eigenvalue weighted by molar-refractivity contribution is -0.148. The van der Waals surface area contributed by atoms with Gasteiger partial charge in [-0.3, -0.25) is 14.4 Å². The van der Waals surface area contributed by atoms with E-state index in [-0.39, 0.29) is 0 Å². The van der Waals surface area contributed by atoms with E-state index in [2.05, 4.69) is 10.1 Å². The maximum absolute atomic E-state index is 12.6. The van der Waals surface area contributed by atoms with Crippen molar-refractivity contribution in [3.8, 4) is 6.07 Å². The molecule has 0 aliphatic rings. The Labute approximate surface area is 150 Å². The van der Waals surface area contributed by atoms with Gasteiger partial charge >= 0.3 is 12.1 Å². The second kappa shape index (κ2) is 8.18. The van der Waals surface area contributed by atoms with Crippen LogP contribution in [0.4, 0.5) is 18.9 Å². The summed E-state index contributed by atoms with van der Waals surface area (Å²) in [6.07, 6.45) is -4.17. The van der Waals surface area contributed by atoms with Crippen LogP contribution in [0, 0.1) is 11.3 Å². The summed E-state index contributed by atoms with van der Waals surface area (Å²) in [5, 5.41) is 11.1. The van der Waals surface area contributed by atoms with Crippen LogP contribution in [0.15, 0.2) is 47.4 Å². The smallest absolute Gasteiger partial charge is 0.417 e. The lowest BCUT2D eigenvalue weighted by Crippen LogP contribution is -2.28. The van der Waals surface area contributed by atoms with E-state index < -0.39 is 42.3 Å². The number of nitriles is 1. The molecule has 0 spiro atoms. The number of halogens is 3. The molecule has 0 aliphatic heterocycles. The monoisotopic (exact) mass is 379 g/mol. The molecule has 1 N–H and O–H groups in total. The highest BCUT2D eigenvalue weighted by molar-refractivity contribution is 5.92. The van der Waals surface area contributed by atoms with Gasteiger partial charge in [0.1, 0.15) is 6.54 Å². The predicted molar refractivity (Wildman–Crippen MR) is 86.4 cm³/mol. The molecule has 0 atom stereocenters. The van der Waals surface area contributed by atoms with Gasteiger partial charge < -0.3 is 14.6 Å². The van der Waals surface area contributed by atoms with Crippen LogP contribution in [0.1, 0.15) is 11.1 Å². The molecule has 1 aromatic carbocycles. The zero-order chi connectivity index (χ0) is 20.0. The van der Waals surface area contributed by atoms with Gasteiger partial charge in [-0.15, -0.1) is 0 Å². The first-order chi connectivity index (χ1) is 12.7. The summed E-state index contributed by atoms with van der Waals surface area (Å²) in [4.78, 5) is 34.9. The number of benzene rings is 1. The lowest BCUT2D eigenvalue weighted by Gasteiger charge is -2.10. The molecule has 0 saturated carbocycles. The number of nitrogens with zero attached hydrogens (tertiary/aromatic N) is 2. The molecular formula is C17H12F3N3O4. The van der Waals surface area contributed by atoms with E-state index >= 15 is 0 Å². The van der Waals surface area contributed by atoms with Crippen molar-refractivity contribution in [3.05, 3.63) is 64.1 Å². The van der Waals surface area contributed by atoms with Gasteiger partial charge in [0.2, 0.25) is 0 Å². The fraction of sp³-hybridized carbons (Fsp3) is 0.176. The number of hydrogen-bond donors (Lipinski definition) is 1. The number of pyridine rings is 1. The van der Waals surface area contributed by atoms with Crippen LogP contribution in [-0.4, -0.2) is 23.1 Å². The summed E-state index contributed by atoms with van der Waals surface area (Å²) >= 11 is 0. The van der Waals surface area contributed by atoms with Gasteiger partial charge in [0.25, 0.3) is 11.5 Å². The van der Waals surface area contributed by atoms with E-state index in [4.69, 9.17) is 5.26 Å². The Kier molecular flexibility index (Phi) is 5.97. The number of carbonyl (C=O) groups is 2. The molecule has 2 rings (SSSR count). The highest BCUT2D eigenvalue weighted by Gasteiger charge is 2.31. The first kappa shape index (κ1) is 19.7. The molecule has 1 amide bonds. The normalized spacial score (nSPS) is 10.7. The summed E-state index contributed by atoms with van der Waals surface area (Å²) in [5.74, 6) is -1.74. The maximum atomic E-state index is 12.6. The quantitative estimate of drug-likeness (QED) is 0.800. The zero-order valence-corrected chi connectivity index (χ0v) is 13.6. The second-order valence-electron chi connectivity index (χ2n) is 5.28. The molecule has 10 heteroatoms. The van der Waals surface area contributed by atoms with Gasteiger partial charge in [-0.1, -0.05) is 0 Å². The largest absolute Gasteiger partial charge is 0.454 e. The minimum atomic E-state index is -4.67. The van der Waals surface area contributed by atoms with Crippen LogP contribution >= 0.6 is 0 Å². The number of anilines is 1. The van der Waals surface area contributed by atoms with Crippen molar-refractivity contribution in [2.45, 2.75) is 12.7 Å². The van der Waals surface area contributed by atoms with Crippen LogP contribution in [0.2, 0.25) is 0 Å². The molecule has 0 unspecified atom stereocenters. The van der Waals surface area contributed by atoms with Gasteiger partial charge in [-0.2, -0.15) is 18.4 Å². The van der Waals surface area contributed by atoms with Crippen LogP contribution in [-0.2, 0) is 27.0 Å². The highest BCUT2D eigenvalue weighted by atomic mass is 19.4. The van der Waals surface area contributed by atoms with Crippen molar-refractivity contribution < 1.29 is 27.5 Å². The Balaban J connectivity index is 1.91. The van der Waals surface area contributed by atoms with Gasteiger partial charge in [-0.05, 0) is 30.3 Å². The molecule has 0 saturated heterocycles. The Morgan fingerprint density at radius 1 is 1.15 bits per heavy atom. The number of hydrogen-bond acceptors (Lipinski definition) is 5. The number of ether oxygens (including phenoxy) is 1. The molecule has 140 valence electrons. The third kappa shape index (κ3) is 5.71. The third-order valence-corrected chi connectivity index (χ3v) is 3.27. The van der Waals surface area contributed by atoms with Crippen molar-refractivity contribution in [1.29, 1.82) is 5.26 Å². The third-order valence-electron chi connectivity index (χ3n) is 3.27.